The third-order valence-electron chi connectivity index (χ3n) is 1.27. The number of halogens is 1. The van der Waals surface area contributed by atoms with Crippen LogP contribution in [0.1, 0.15) is 19.8 Å². The van der Waals surface area contributed by atoms with Gasteiger partial charge in [0, 0.05) is 12.0 Å². The maximum Gasteiger partial charge on any atom is 0.330 e. The van der Waals surface area contributed by atoms with Crippen LogP contribution >= 0.6 is 11.6 Å². The van der Waals surface area contributed by atoms with Crippen LogP contribution in [0, 0.1) is 0 Å². The highest BCUT2D eigenvalue weighted by atomic mass is 35.5. The number of hydrogen-bond acceptors (Lipinski definition) is 2. The van der Waals surface area contributed by atoms with Crippen molar-refractivity contribution in [1.29, 1.82) is 0 Å². The third kappa shape index (κ3) is 5.92. The van der Waals surface area contributed by atoms with Crippen molar-refractivity contribution in [3.63, 3.8) is 0 Å². The molecule has 0 aromatic carbocycles. The molecule has 0 N–H and O–H groups in total. The van der Waals surface area contributed by atoms with Gasteiger partial charge in [-0.2, -0.15) is 0 Å². The van der Waals surface area contributed by atoms with Gasteiger partial charge in [-0.25, -0.2) is 4.79 Å². The monoisotopic (exact) mass is 176 g/mol. The fraction of sp³-hybridized carbons (Fsp3) is 0.625. The number of hydrogen-bond donors (Lipinski definition) is 0. The van der Waals surface area contributed by atoms with E-state index in [0.717, 1.165) is 18.4 Å². The first-order chi connectivity index (χ1) is 5.20. The minimum atomic E-state index is -0.294. The van der Waals surface area contributed by atoms with Crippen molar-refractivity contribution in [2.24, 2.45) is 0 Å². The van der Waals surface area contributed by atoms with Crippen LogP contribution in [0.15, 0.2) is 11.6 Å². The van der Waals surface area contributed by atoms with Crippen LogP contribution in [0.25, 0.3) is 0 Å². The SMILES string of the molecule is COC(=O)C=C(C)CCCCl. The summed E-state index contributed by atoms with van der Waals surface area (Å²) in [4.78, 5) is 10.7. The number of carbonyl (C=O) groups is 1. The summed E-state index contributed by atoms with van der Waals surface area (Å²) in [6.07, 6.45) is 3.26. The lowest BCUT2D eigenvalue weighted by Gasteiger charge is -1.97. The van der Waals surface area contributed by atoms with Crippen molar-refractivity contribution in [1.82, 2.24) is 0 Å². The molecule has 0 saturated carbocycles. The Kier molecular flexibility index (Phi) is 5.94. The Morgan fingerprint density at radius 2 is 2.27 bits per heavy atom. The molecule has 2 nitrogen and oxygen atoms in total. The van der Waals surface area contributed by atoms with Gasteiger partial charge in [-0.1, -0.05) is 5.57 Å². The molecular weight excluding hydrogens is 164 g/mol. The number of allylic oxidation sites excluding steroid dienone is 1. The number of esters is 1. The van der Waals surface area contributed by atoms with Gasteiger partial charge in [-0.3, -0.25) is 0 Å². The first-order valence-electron chi connectivity index (χ1n) is 3.51. The van der Waals surface area contributed by atoms with Crippen LogP contribution in [0.5, 0.6) is 0 Å². The van der Waals surface area contributed by atoms with E-state index in [4.69, 9.17) is 11.6 Å². The first kappa shape index (κ1) is 10.5. The molecule has 0 aliphatic rings. The molecule has 0 spiro atoms. The van der Waals surface area contributed by atoms with Gasteiger partial charge < -0.3 is 4.74 Å². The summed E-state index contributed by atoms with van der Waals surface area (Å²) in [6.45, 7) is 1.89. The van der Waals surface area contributed by atoms with E-state index < -0.39 is 0 Å². The number of ether oxygens (including phenoxy) is 1. The van der Waals surface area contributed by atoms with Crippen molar-refractivity contribution in [3.05, 3.63) is 11.6 Å². The fourth-order valence-corrected chi connectivity index (χ4v) is 0.812. The third-order valence-corrected chi connectivity index (χ3v) is 1.54. The average Bonchev–Trinajstić information content (AvgIpc) is 2.00. The molecule has 0 atom stereocenters. The van der Waals surface area contributed by atoms with Crippen LogP contribution in [0.4, 0.5) is 0 Å². The molecule has 0 fully saturated rings. The van der Waals surface area contributed by atoms with Crippen molar-refractivity contribution < 1.29 is 9.53 Å². The zero-order valence-corrected chi connectivity index (χ0v) is 7.65. The molecule has 64 valence electrons. The van der Waals surface area contributed by atoms with Gasteiger partial charge in [0.15, 0.2) is 0 Å². The van der Waals surface area contributed by atoms with E-state index in [1.54, 1.807) is 0 Å². The van der Waals surface area contributed by atoms with Crippen LogP contribution in [0.3, 0.4) is 0 Å². The van der Waals surface area contributed by atoms with Crippen molar-refractivity contribution in [2.45, 2.75) is 19.8 Å². The van der Waals surface area contributed by atoms with Gasteiger partial charge in [0.2, 0.25) is 0 Å². The molecule has 3 heteroatoms. The van der Waals surface area contributed by atoms with Crippen LogP contribution in [-0.4, -0.2) is 19.0 Å². The van der Waals surface area contributed by atoms with E-state index in [1.165, 1.54) is 13.2 Å². The maximum absolute atomic E-state index is 10.7. The molecule has 0 saturated heterocycles. The Labute approximate surface area is 72.2 Å². The Balaban J connectivity index is 3.70. The highest BCUT2D eigenvalue weighted by Crippen LogP contribution is 2.04. The summed E-state index contributed by atoms with van der Waals surface area (Å²) in [6, 6.07) is 0. The number of alkyl halides is 1. The molecule has 0 aromatic heterocycles. The predicted molar refractivity (Wildman–Crippen MR) is 45.7 cm³/mol. The number of methoxy groups -OCH3 is 1. The molecule has 0 heterocycles. The lowest BCUT2D eigenvalue weighted by molar-refractivity contribution is -0.134. The zero-order valence-electron chi connectivity index (χ0n) is 6.89. The Bertz CT molecular complexity index is 152. The molecule has 0 unspecified atom stereocenters. The van der Waals surface area contributed by atoms with Crippen LogP contribution in [0.2, 0.25) is 0 Å². The summed E-state index contributed by atoms with van der Waals surface area (Å²) in [5.41, 5.74) is 1.01. The molecule has 0 amide bonds. The summed E-state index contributed by atoms with van der Waals surface area (Å²) in [5, 5.41) is 0. The Hall–Kier alpha value is -0.500. The number of carbonyl (C=O) groups excluding carboxylic acids is 1. The second-order valence-electron chi connectivity index (χ2n) is 2.31. The molecule has 0 bridgehead atoms. The zero-order chi connectivity index (χ0) is 8.69. The quantitative estimate of drug-likeness (QED) is 0.373. The van der Waals surface area contributed by atoms with Crippen LogP contribution in [-0.2, 0) is 9.53 Å². The normalized spacial score (nSPS) is 11.4. The molecule has 0 radical (unpaired) electrons. The van der Waals surface area contributed by atoms with E-state index in [1.807, 2.05) is 6.92 Å². The second kappa shape index (κ2) is 6.23. The van der Waals surface area contributed by atoms with E-state index in [0.29, 0.717) is 5.88 Å². The van der Waals surface area contributed by atoms with Gasteiger partial charge in [0.25, 0.3) is 0 Å². The van der Waals surface area contributed by atoms with Crippen molar-refractivity contribution in [2.75, 3.05) is 13.0 Å². The van der Waals surface area contributed by atoms with E-state index in [9.17, 15) is 4.79 Å². The lowest BCUT2D eigenvalue weighted by Crippen LogP contribution is -1.96. The van der Waals surface area contributed by atoms with E-state index in [-0.39, 0.29) is 5.97 Å². The largest absolute Gasteiger partial charge is 0.466 e. The van der Waals surface area contributed by atoms with Gasteiger partial charge in [0.1, 0.15) is 0 Å². The van der Waals surface area contributed by atoms with Crippen molar-refractivity contribution in [3.8, 4) is 0 Å². The lowest BCUT2D eigenvalue weighted by atomic mass is 10.2. The van der Waals surface area contributed by atoms with Gasteiger partial charge in [-0.15, -0.1) is 11.6 Å². The van der Waals surface area contributed by atoms with Gasteiger partial charge in [-0.05, 0) is 19.8 Å². The van der Waals surface area contributed by atoms with Crippen LogP contribution < -0.4 is 0 Å². The molecular formula is C8H13ClO2. The summed E-state index contributed by atoms with van der Waals surface area (Å²) < 4.78 is 4.45. The maximum atomic E-state index is 10.7. The average molecular weight is 177 g/mol. The highest BCUT2D eigenvalue weighted by molar-refractivity contribution is 6.17. The summed E-state index contributed by atoms with van der Waals surface area (Å²) in [5.74, 6) is 0.337. The van der Waals surface area contributed by atoms with Gasteiger partial charge >= 0.3 is 5.97 Å². The van der Waals surface area contributed by atoms with E-state index >= 15 is 0 Å². The van der Waals surface area contributed by atoms with Gasteiger partial charge in [0.05, 0.1) is 7.11 Å². The molecule has 0 aliphatic carbocycles. The molecule has 0 aromatic rings. The molecule has 11 heavy (non-hydrogen) atoms. The highest BCUT2D eigenvalue weighted by Gasteiger charge is 1.95. The number of rotatable bonds is 4. The standard InChI is InChI=1S/C8H13ClO2/c1-7(4-3-5-9)6-8(10)11-2/h6H,3-5H2,1-2H3. The molecule has 0 rings (SSSR count). The minimum Gasteiger partial charge on any atom is -0.466 e. The summed E-state index contributed by atoms with van der Waals surface area (Å²) in [7, 11) is 1.37. The predicted octanol–water partition coefficient (Wildman–Crippen LogP) is 2.12. The first-order valence-corrected chi connectivity index (χ1v) is 4.05. The second-order valence-corrected chi connectivity index (χ2v) is 2.68. The summed E-state index contributed by atoms with van der Waals surface area (Å²) >= 11 is 5.47. The Morgan fingerprint density at radius 3 is 2.73 bits per heavy atom. The van der Waals surface area contributed by atoms with Crippen molar-refractivity contribution >= 4 is 17.6 Å². The topological polar surface area (TPSA) is 26.3 Å². The fourth-order valence-electron chi connectivity index (χ4n) is 0.678. The smallest absolute Gasteiger partial charge is 0.330 e. The molecule has 0 aliphatic heterocycles. The Morgan fingerprint density at radius 1 is 1.64 bits per heavy atom. The minimum absolute atomic E-state index is 0.294. The van der Waals surface area contributed by atoms with E-state index in [2.05, 4.69) is 4.74 Å².